The number of halogens is 2. The lowest BCUT2D eigenvalue weighted by Gasteiger charge is -2.48. The summed E-state index contributed by atoms with van der Waals surface area (Å²) in [5, 5.41) is 7.30. The Morgan fingerprint density at radius 3 is 2.39 bits per heavy atom. The quantitative estimate of drug-likeness (QED) is 0.508. The molecule has 3 aliphatic heterocycles. The van der Waals surface area contributed by atoms with Gasteiger partial charge < -0.3 is 14.4 Å². The van der Waals surface area contributed by atoms with E-state index in [1.807, 2.05) is 6.92 Å². The zero-order valence-corrected chi connectivity index (χ0v) is 21.5. The molecular formula is C22H26F2N6O4S2. The third-order valence-electron chi connectivity index (χ3n) is 7.20. The van der Waals surface area contributed by atoms with Gasteiger partial charge in [0, 0.05) is 24.7 Å². The van der Waals surface area contributed by atoms with E-state index in [2.05, 4.69) is 24.8 Å². The molecule has 14 heteroatoms. The van der Waals surface area contributed by atoms with Gasteiger partial charge in [0.1, 0.15) is 4.90 Å². The highest BCUT2D eigenvalue weighted by molar-refractivity contribution is 7.89. The molecule has 0 amide bonds. The van der Waals surface area contributed by atoms with Crippen LogP contribution >= 0.6 is 11.3 Å². The number of aryl methyl sites for hydroxylation is 1. The highest BCUT2D eigenvalue weighted by Crippen LogP contribution is 2.42. The summed E-state index contributed by atoms with van der Waals surface area (Å²) in [6, 6.07) is 1.68. The van der Waals surface area contributed by atoms with Gasteiger partial charge in [-0.15, -0.1) is 10.2 Å². The molecule has 1 N–H and O–H groups in total. The third kappa shape index (κ3) is 3.99. The number of piperidine rings is 1. The Morgan fingerprint density at radius 2 is 1.83 bits per heavy atom. The molecule has 36 heavy (non-hydrogen) atoms. The lowest BCUT2D eigenvalue weighted by atomic mass is 9.77. The highest BCUT2D eigenvalue weighted by Gasteiger charge is 2.42. The van der Waals surface area contributed by atoms with Crippen LogP contribution in [0.25, 0.3) is 16.3 Å². The van der Waals surface area contributed by atoms with Crippen molar-refractivity contribution in [2.75, 3.05) is 44.4 Å². The average Bonchev–Trinajstić information content (AvgIpc) is 3.41. The van der Waals surface area contributed by atoms with Crippen LogP contribution in [-0.4, -0.2) is 73.1 Å². The Morgan fingerprint density at radius 1 is 1.14 bits per heavy atom. The number of sulfonamides is 1. The summed E-state index contributed by atoms with van der Waals surface area (Å²) in [5.74, 6) is 0.282. The van der Waals surface area contributed by atoms with Gasteiger partial charge in [-0.05, 0) is 32.8 Å². The zero-order valence-electron chi connectivity index (χ0n) is 19.8. The van der Waals surface area contributed by atoms with Crippen LogP contribution in [0.2, 0.25) is 0 Å². The Kier molecular flexibility index (Phi) is 5.61. The van der Waals surface area contributed by atoms with Crippen LogP contribution in [0.4, 0.5) is 14.5 Å². The standard InChI is InChI=1S/C22H26F2N6O4S2/c1-13-16-15(29-5-3-22(4-6-29)11-34-12-22)7-14(36(31,32)28-21(2)9-33-10-21)8-30(16)18(25-13)20-27-26-19(35-20)17(23)24/h7-8,17,28H,3-6,9-12H2,1-2H3. The van der Waals surface area contributed by atoms with Crippen molar-refractivity contribution >= 4 is 32.6 Å². The first-order valence-corrected chi connectivity index (χ1v) is 14.0. The zero-order chi connectivity index (χ0) is 25.3. The van der Waals surface area contributed by atoms with Gasteiger partial charge in [-0.2, -0.15) is 0 Å². The molecule has 3 aromatic heterocycles. The number of hydrogen-bond donors (Lipinski definition) is 1. The summed E-state index contributed by atoms with van der Waals surface area (Å²) in [7, 11) is -3.92. The molecule has 3 aliphatic rings. The SMILES string of the molecule is Cc1nc(-c2nnc(C(F)F)s2)n2cc(S(=O)(=O)NC3(C)COC3)cc(N3CCC4(CC3)COC4)c12. The Labute approximate surface area is 210 Å². The van der Waals surface area contributed by atoms with Crippen LogP contribution in [0.1, 0.15) is 36.9 Å². The van der Waals surface area contributed by atoms with Gasteiger partial charge >= 0.3 is 0 Å². The Hall–Kier alpha value is -2.26. The number of hydrogen-bond acceptors (Lipinski definition) is 9. The normalized spacial score (nSPS) is 21.2. The van der Waals surface area contributed by atoms with E-state index in [9.17, 15) is 17.2 Å². The van der Waals surface area contributed by atoms with Crippen LogP contribution in [-0.2, 0) is 19.5 Å². The number of rotatable bonds is 6. The van der Waals surface area contributed by atoms with E-state index in [4.69, 9.17) is 9.47 Å². The van der Waals surface area contributed by atoms with Gasteiger partial charge in [0.15, 0.2) is 15.8 Å². The van der Waals surface area contributed by atoms with E-state index in [0.717, 1.165) is 61.7 Å². The molecule has 194 valence electrons. The van der Waals surface area contributed by atoms with Crippen LogP contribution in [0, 0.1) is 12.3 Å². The molecule has 3 fully saturated rings. The highest BCUT2D eigenvalue weighted by atomic mass is 32.2. The van der Waals surface area contributed by atoms with Crippen molar-refractivity contribution in [3.8, 4) is 10.8 Å². The molecule has 0 saturated carbocycles. The predicted octanol–water partition coefficient (Wildman–Crippen LogP) is 2.78. The molecule has 0 radical (unpaired) electrons. The van der Waals surface area contributed by atoms with Crippen molar-refractivity contribution in [1.29, 1.82) is 0 Å². The first-order chi connectivity index (χ1) is 17.1. The number of aromatic nitrogens is 4. The number of anilines is 1. The van der Waals surface area contributed by atoms with Gasteiger partial charge in [-0.1, -0.05) is 11.3 Å². The Bertz CT molecular complexity index is 1420. The van der Waals surface area contributed by atoms with E-state index in [1.165, 1.54) is 6.20 Å². The molecule has 0 atom stereocenters. The second-order valence-electron chi connectivity index (χ2n) is 10.2. The van der Waals surface area contributed by atoms with Crippen molar-refractivity contribution in [1.82, 2.24) is 24.3 Å². The molecule has 3 aromatic rings. The Balaban J connectivity index is 1.48. The van der Waals surface area contributed by atoms with Crippen molar-refractivity contribution in [2.45, 2.75) is 43.5 Å². The lowest BCUT2D eigenvalue weighted by Crippen LogP contribution is -2.59. The summed E-state index contributed by atoms with van der Waals surface area (Å²) in [4.78, 5) is 6.85. The molecule has 3 saturated heterocycles. The van der Waals surface area contributed by atoms with Crippen molar-refractivity contribution in [3.63, 3.8) is 0 Å². The summed E-state index contributed by atoms with van der Waals surface area (Å²) in [5.41, 5.74) is 1.62. The largest absolute Gasteiger partial charge is 0.380 e. The maximum Gasteiger partial charge on any atom is 0.291 e. The summed E-state index contributed by atoms with van der Waals surface area (Å²) in [6.45, 7) is 7.19. The number of imidazole rings is 1. The van der Waals surface area contributed by atoms with Crippen molar-refractivity contribution in [3.05, 3.63) is 23.0 Å². The molecule has 6 heterocycles. The minimum atomic E-state index is -3.92. The molecule has 0 unspecified atom stereocenters. The van der Waals surface area contributed by atoms with Gasteiger partial charge in [-0.3, -0.25) is 4.40 Å². The molecule has 6 rings (SSSR count). The monoisotopic (exact) mass is 540 g/mol. The molecule has 0 aromatic carbocycles. The summed E-state index contributed by atoms with van der Waals surface area (Å²) in [6.07, 6.45) is 0.616. The number of pyridine rings is 1. The van der Waals surface area contributed by atoms with Crippen LogP contribution in [0.3, 0.4) is 0 Å². The van der Waals surface area contributed by atoms with E-state index >= 15 is 0 Å². The minimum Gasteiger partial charge on any atom is -0.380 e. The maximum absolute atomic E-state index is 13.5. The van der Waals surface area contributed by atoms with Crippen LogP contribution < -0.4 is 9.62 Å². The fourth-order valence-corrected chi connectivity index (χ4v) is 7.13. The summed E-state index contributed by atoms with van der Waals surface area (Å²) < 4.78 is 68.4. The van der Waals surface area contributed by atoms with Crippen molar-refractivity contribution in [2.24, 2.45) is 5.41 Å². The summed E-state index contributed by atoms with van der Waals surface area (Å²) >= 11 is 0.745. The topological polar surface area (TPSA) is 111 Å². The predicted molar refractivity (Wildman–Crippen MR) is 128 cm³/mol. The number of nitrogens with one attached hydrogen (secondary N) is 1. The van der Waals surface area contributed by atoms with Gasteiger partial charge in [-0.25, -0.2) is 26.9 Å². The van der Waals surface area contributed by atoms with E-state index in [1.54, 1.807) is 17.4 Å². The fourth-order valence-electron chi connectivity index (χ4n) is 5.05. The van der Waals surface area contributed by atoms with Crippen molar-refractivity contribution < 1.29 is 26.7 Å². The number of nitrogens with zero attached hydrogens (tertiary/aromatic N) is 5. The number of ether oxygens (including phenoxy) is 2. The second-order valence-corrected chi connectivity index (χ2v) is 12.9. The first-order valence-electron chi connectivity index (χ1n) is 11.7. The van der Waals surface area contributed by atoms with E-state index in [-0.39, 0.29) is 34.4 Å². The second kappa shape index (κ2) is 8.38. The fraction of sp³-hybridized carbons (Fsp3) is 0.591. The molecule has 10 nitrogen and oxygen atoms in total. The first kappa shape index (κ1) is 24.1. The van der Waals surface area contributed by atoms with Crippen LogP contribution in [0.15, 0.2) is 17.2 Å². The molecule has 0 aliphatic carbocycles. The maximum atomic E-state index is 13.5. The third-order valence-corrected chi connectivity index (χ3v) is 9.73. The number of alkyl halides is 2. The minimum absolute atomic E-state index is 0.0580. The van der Waals surface area contributed by atoms with E-state index in [0.29, 0.717) is 5.69 Å². The van der Waals surface area contributed by atoms with Gasteiger partial charge in [0.05, 0.1) is 48.9 Å². The van der Waals surface area contributed by atoms with Gasteiger partial charge in [0.25, 0.3) is 6.43 Å². The smallest absolute Gasteiger partial charge is 0.291 e. The lowest BCUT2D eigenvalue weighted by molar-refractivity contribution is -0.124. The van der Waals surface area contributed by atoms with Crippen LogP contribution in [0.5, 0.6) is 0 Å². The molecular weight excluding hydrogens is 514 g/mol. The number of fused-ring (bicyclic) bond motifs is 1. The molecule has 0 bridgehead atoms. The van der Waals surface area contributed by atoms with Gasteiger partial charge in [0.2, 0.25) is 10.0 Å². The average molecular weight is 541 g/mol. The molecule has 1 spiro atoms. The van der Waals surface area contributed by atoms with E-state index < -0.39 is 27.0 Å².